The van der Waals surface area contributed by atoms with E-state index in [-0.39, 0.29) is 12.3 Å². The first-order valence-corrected chi connectivity index (χ1v) is 8.01. The largest absolute Gasteiger partial charge is 0.573 e. The maximum absolute atomic E-state index is 12.5. The summed E-state index contributed by atoms with van der Waals surface area (Å²) in [5.74, 6) is 1.69. The summed E-state index contributed by atoms with van der Waals surface area (Å²) in [5, 5.41) is 14.1. The highest BCUT2D eigenvalue weighted by Crippen LogP contribution is 2.26. The number of ether oxygens (including phenoxy) is 1. The molecule has 26 heavy (non-hydrogen) atoms. The summed E-state index contributed by atoms with van der Waals surface area (Å²) in [6.45, 7) is 4.74. The summed E-state index contributed by atoms with van der Waals surface area (Å²) < 4.78 is 43.4. The molecular formula is C16H21F3N6O. The number of aliphatic imine (C=N–C) groups is 1. The Kier molecular flexibility index (Phi) is 6.42. The quantitative estimate of drug-likeness (QED) is 0.603. The average molecular weight is 370 g/mol. The monoisotopic (exact) mass is 370 g/mol. The summed E-state index contributed by atoms with van der Waals surface area (Å²) in [5.41, 5.74) is 0.330. The van der Waals surface area contributed by atoms with E-state index < -0.39 is 6.36 Å². The fourth-order valence-corrected chi connectivity index (χ4v) is 2.13. The number of nitrogens with one attached hydrogen (secondary N) is 2. The second kappa shape index (κ2) is 8.54. The SMILES string of the molecule is CCNC(=NCc1ccccc1OC(F)(F)F)NCc1nnc(C)n1C. The van der Waals surface area contributed by atoms with Gasteiger partial charge in [0, 0.05) is 19.2 Å². The lowest BCUT2D eigenvalue weighted by molar-refractivity contribution is -0.274. The van der Waals surface area contributed by atoms with Gasteiger partial charge in [-0.05, 0) is 19.9 Å². The van der Waals surface area contributed by atoms with Gasteiger partial charge in [-0.25, -0.2) is 4.99 Å². The molecule has 0 aliphatic rings. The molecule has 0 unspecified atom stereocenters. The molecule has 0 amide bonds. The summed E-state index contributed by atoms with van der Waals surface area (Å²) in [4.78, 5) is 4.32. The molecule has 2 aromatic rings. The molecule has 7 nitrogen and oxygen atoms in total. The minimum Gasteiger partial charge on any atom is -0.405 e. The van der Waals surface area contributed by atoms with E-state index in [1.165, 1.54) is 12.1 Å². The minimum absolute atomic E-state index is 0.0272. The van der Waals surface area contributed by atoms with Crippen molar-refractivity contribution in [2.75, 3.05) is 6.54 Å². The number of aryl methyl sites for hydroxylation is 1. The van der Waals surface area contributed by atoms with E-state index in [0.29, 0.717) is 30.4 Å². The number of hydrogen-bond acceptors (Lipinski definition) is 4. The molecule has 0 bridgehead atoms. The lowest BCUT2D eigenvalue weighted by atomic mass is 10.2. The second-order valence-corrected chi connectivity index (χ2v) is 5.43. The van der Waals surface area contributed by atoms with Crippen molar-refractivity contribution in [1.29, 1.82) is 0 Å². The third-order valence-electron chi connectivity index (χ3n) is 3.55. The van der Waals surface area contributed by atoms with Crippen LogP contribution < -0.4 is 15.4 Å². The fraction of sp³-hybridized carbons (Fsp3) is 0.438. The third-order valence-corrected chi connectivity index (χ3v) is 3.55. The molecule has 1 heterocycles. The number of para-hydroxylation sites is 1. The Morgan fingerprint density at radius 1 is 1.23 bits per heavy atom. The number of aromatic nitrogens is 3. The molecule has 0 aliphatic carbocycles. The van der Waals surface area contributed by atoms with Gasteiger partial charge in [-0.15, -0.1) is 23.4 Å². The second-order valence-electron chi connectivity index (χ2n) is 5.43. The predicted molar refractivity (Wildman–Crippen MR) is 90.5 cm³/mol. The number of alkyl halides is 3. The van der Waals surface area contributed by atoms with E-state index in [2.05, 4.69) is 30.6 Å². The topological polar surface area (TPSA) is 76.4 Å². The molecule has 2 N–H and O–H groups in total. The van der Waals surface area contributed by atoms with E-state index >= 15 is 0 Å². The molecule has 1 aromatic carbocycles. The molecule has 0 radical (unpaired) electrons. The smallest absolute Gasteiger partial charge is 0.405 e. The van der Waals surface area contributed by atoms with Crippen molar-refractivity contribution in [1.82, 2.24) is 25.4 Å². The van der Waals surface area contributed by atoms with Gasteiger partial charge in [-0.1, -0.05) is 18.2 Å². The van der Waals surface area contributed by atoms with Gasteiger partial charge in [-0.3, -0.25) is 0 Å². The molecule has 0 aliphatic heterocycles. The van der Waals surface area contributed by atoms with Crippen molar-refractivity contribution in [2.24, 2.45) is 12.0 Å². The summed E-state index contributed by atoms with van der Waals surface area (Å²) >= 11 is 0. The number of rotatable bonds is 6. The lowest BCUT2D eigenvalue weighted by Crippen LogP contribution is -2.37. The maximum Gasteiger partial charge on any atom is 0.573 e. The Labute approximate surface area is 149 Å². The molecule has 0 fully saturated rings. The third kappa shape index (κ3) is 5.64. The Morgan fingerprint density at radius 3 is 2.58 bits per heavy atom. The fourth-order valence-electron chi connectivity index (χ4n) is 2.13. The highest BCUT2D eigenvalue weighted by molar-refractivity contribution is 5.79. The van der Waals surface area contributed by atoms with Crippen molar-refractivity contribution >= 4 is 5.96 Å². The molecule has 0 saturated heterocycles. The molecule has 2 rings (SSSR count). The van der Waals surface area contributed by atoms with Crippen molar-refractivity contribution in [3.05, 3.63) is 41.5 Å². The summed E-state index contributed by atoms with van der Waals surface area (Å²) in [7, 11) is 1.85. The van der Waals surface area contributed by atoms with Crippen LogP contribution in [0.25, 0.3) is 0 Å². The molecule has 10 heteroatoms. The van der Waals surface area contributed by atoms with Crippen LogP contribution >= 0.6 is 0 Å². The molecule has 0 atom stereocenters. The number of nitrogens with zero attached hydrogens (tertiary/aromatic N) is 4. The first kappa shape index (κ1) is 19.5. The minimum atomic E-state index is -4.74. The highest BCUT2D eigenvalue weighted by Gasteiger charge is 2.31. The Hall–Kier alpha value is -2.78. The Morgan fingerprint density at radius 2 is 1.96 bits per heavy atom. The molecule has 0 saturated carbocycles. The van der Waals surface area contributed by atoms with Crippen molar-refractivity contribution in [2.45, 2.75) is 33.3 Å². The normalized spacial score (nSPS) is 12.2. The van der Waals surface area contributed by atoms with Gasteiger partial charge in [0.25, 0.3) is 0 Å². The first-order valence-electron chi connectivity index (χ1n) is 8.01. The van der Waals surface area contributed by atoms with Crippen LogP contribution in [0.4, 0.5) is 13.2 Å². The van der Waals surface area contributed by atoms with Crippen LogP contribution in [0.15, 0.2) is 29.3 Å². The van der Waals surface area contributed by atoms with Gasteiger partial charge >= 0.3 is 6.36 Å². The van der Waals surface area contributed by atoms with E-state index in [0.717, 1.165) is 5.82 Å². The number of benzene rings is 1. The van der Waals surface area contributed by atoms with Crippen LogP contribution in [0.3, 0.4) is 0 Å². The van der Waals surface area contributed by atoms with Crippen LogP contribution in [0, 0.1) is 6.92 Å². The van der Waals surface area contributed by atoms with Gasteiger partial charge in [0.1, 0.15) is 11.6 Å². The van der Waals surface area contributed by atoms with Gasteiger partial charge in [-0.2, -0.15) is 0 Å². The van der Waals surface area contributed by atoms with Crippen LogP contribution in [-0.2, 0) is 20.1 Å². The van der Waals surface area contributed by atoms with Crippen molar-refractivity contribution in [3.8, 4) is 5.75 Å². The van der Waals surface area contributed by atoms with Gasteiger partial charge in [0.2, 0.25) is 0 Å². The zero-order valence-electron chi connectivity index (χ0n) is 14.8. The standard InChI is InChI=1S/C16H21F3N6O/c1-4-20-15(22-10-14-24-23-11(2)25(14)3)21-9-12-7-5-6-8-13(12)26-16(17,18)19/h5-8H,4,9-10H2,1-3H3,(H2,20,21,22). The van der Waals surface area contributed by atoms with Crippen molar-refractivity contribution < 1.29 is 17.9 Å². The molecule has 1 aromatic heterocycles. The van der Waals surface area contributed by atoms with Crippen LogP contribution in [0.2, 0.25) is 0 Å². The highest BCUT2D eigenvalue weighted by atomic mass is 19.4. The zero-order valence-corrected chi connectivity index (χ0v) is 14.8. The number of hydrogen-bond donors (Lipinski definition) is 2. The average Bonchev–Trinajstić information content (AvgIpc) is 2.89. The Balaban J connectivity index is 2.08. The van der Waals surface area contributed by atoms with Crippen LogP contribution in [-0.4, -0.2) is 33.6 Å². The van der Waals surface area contributed by atoms with Crippen LogP contribution in [0.1, 0.15) is 24.1 Å². The van der Waals surface area contributed by atoms with Gasteiger partial charge < -0.3 is 19.9 Å². The molecule has 142 valence electrons. The molecule has 0 spiro atoms. The zero-order chi connectivity index (χ0) is 19.2. The van der Waals surface area contributed by atoms with Crippen LogP contribution in [0.5, 0.6) is 5.75 Å². The summed E-state index contributed by atoms with van der Waals surface area (Å²) in [6.07, 6.45) is -4.74. The van der Waals surface area contributed by atoms with E-state index in [9.17, 15) is 13.2 Å². The van der Waals surface area contributed by atoms with E-state index in [1.54, 1.807) is 12.1 Å². The van der Waals surface area contributed by atoms with E-state index in [1.807, 2.05) is 25.5 Å². The predicted octanol–water partition coefficient (Wildman–Crippen LogP) is 2.28. The maximum atomic E-state index is 12.5. The van der Waals surface area contributed by atoms with Gasteiger partial charge in [0.05, 0.1) is 13.1 Å². The van der Waals surface area contributed by atoms with E-state index in [4.69, 9.17) is 0 Å². The first-order chi connectivity index (χ1) is 12.3. The van der Waals surface area contributed by atoms with Gasteiger partial charge in [0.15, 0.2) is 11.8 Å². The van der Waals surface area contributed by atoms with Crippen molar-refractivity contribution in [3.63, 3.8) is 0 Å². The lowest BCUT2D eigenvalue weighted by Gasteiger charge is -2.13. The molecular weight excluding hydrogens is 349 g/mol. The Bertz CT molecular complexity index is 757. The summed E-state index contributed by atoms with van der Waals surface area (Å²) in [6, 6.07) is 5.92. The number of guanidine groups is 1. The number of halogens is 3.